The van der Waals surface area contributed by atoms with Gasteiger partial charge in [0.25, 0.3) is 5.91 Å². The van der Waals surface area contributed by atoms with Crippen LogP contribution in [-0.4, -0.2) is 28.9 Å². The topological polar surface area (TPSA) is 42.4 Å². The van der Waals surface area contributed by atoms with Gasteiger partial charge in [-0.05, 0) is 79.1 Å². The number of hydrogen-bond acceptors (Lipinski definition) is 4. The number of halogens is 3. The number of benzene rings is 2. The fourth-order valence-electron chi connectivity index (χ4n) is 5.10. The second-order valence-corrected chi connectivity index (χ2v) is 11.0. The Kier molecular flexibility index (Phi) is 7.45. The Morgan fingerprint density at radius 3 is 2.43 bits per heavy atom. The Labute approximate surface area is 223 Å². The van der Waals surface area contributed by atoms with Crippen LogP contribution in [0.15, 0.2) is 54.9 Å². The van der Waals surface area contributed by atoms with Gasteiger partial charge in [0.05, 0.1) is 22.2 Å². The molecule has 0 saturated heterocycles. The zero-order valence-electron chi connectivity index (χ0n) is 20.6. The van der Waals surface area contributed by atoms with Gasteiger partial charge in [-0.2, -0.15) is 0 Å². The van der Waals surface area contributed by atoms with Gasteiger partial charge in [-0.25, -0.2) is 8.78 Å². The normalized spacial score (nSPS) is 17.6. The molecule has 8 heteroatoms. The van der Waals surface area contributed by atoms with Gasteiger partial charge in [0, 0.05) is 30.5 Å². The van der Waals surface area contributed by atoms with E-state index in [1.807, 2.05) is 35.2 Å². The van der Waals surface area contributed by atoms with Crippen molar-refractivity contribution in [2.24, 2.45) is 5.92 Å². The number of methoxy groups -OCH3 is 1. The van der Waals surface area contributed by atoms with Crippen molar-refractivity contribution in [3.05, 3.63) is 82.0 Å². The van der Waals surface area contributed by atoms with Crippen molar-refractivity contribution in [2.45, 2.75) is 45.2 Å². The maximum Gasteiger partial charge on any atom is 0.266 e. The fourth-order valence-corrected chi connectivity index (χ4v) is 6.60. The minimum absolute atomic E-state index is 0.0195. The molecule has 2 aromatic heterocycles. The third kappa shape index (κ3) is 5.07. The number of pyridine rings is 1. The molecule has 37 heavy (non-hydrogen) atoms. The molecule has 0 unspecified atom stereocenters. The number of carbonyl (C=O) groups is 1. The van der Waals surface area contributed by atoms with Crippen LogP contribution in [0.1, 0.15) is 47.8 Å². The summed E-state index contributed by atoms with van der Waals surface area (Å²) >= 11 is 7.44. The van der Waals surface area contributed by atoms with Crippen molar-refractivity contribution in [3.63, 3.8) is 0 Å². The lowest BCUT2D eigenvalue weighted by Crippen LogP contribution is -2.41. The lowest BCUT2D eigenvalue weighted by molar-refractivity contribution is 0.0597. The molecule has 0 aliphatic heterocycles. The van der Waals surface area contributed by atoms with Gasteiger partial charge < -0.3 is 9.64 Å². The Morgan fingerprint density at radius 2 is 1.76 bits per heavy atom. The molecule has 4 nitrogen and oxygen atoms in total. The summed E-state index contributed by atoms with van der Waals surface area (Å²) in [5.41, 5.74) is 2.83. The van der Waals surface area contributed by atoms with Crippen LogP contribution in [0.4, 0.5) is 8.78 Å². The lowest BCUT2D eigenvalue weighted by atomic mass is 9.86. The summed E-state index contributed by atoms with van der Waals surface area (Å²) < 4.78 is 34.8. The summed E-state index contributed by atoms with van der Waals surface area (Å²) in [6, 6.07) is 11.8. The summed E-state index contributed by atoms with van der Waals surface area (Å²) in [6.07, 6.45) is 7.19. The minimum Gasteiger partial charge on any atom is -0.496 e. The quantitative estimate of drug-likeness (QED) is 0.248. The summed E-state index contributed by atoms with van der Waals surface area (Å²) in [7, 11) is 1.60. The van der Waals surface area contributed by atoms with E-state index < -0.39 is 11.6 Å². The highest BCUT2D eigenvalue weighted by Gasteiger charge is 2.32. The van der Waals surface area contributed by atoms with Crippen LogP contribution in [0.25, 0.3) is 21.2 Å². The molecular formula is C29H27ClF2N2O2S. The lowest BCUT2D eigenvalue weighted by Gasteiger charge is -2.36. The van der Waals surface area contributed by atoms with Gasteiger partial charge in [0.15, 0.2) is 0 Å². The van der Waals surface area contributed by atoms with Crippen molar-refractivity contribution < 1.29 is 18.3 Å². The number of rotatable bonds is 6. The zero-order valence-corrected chi connectivity index (χ0v) is 22.2. The molecule has 4 aromatic rings. The number of aromatic nitrogens is 1. The largest absolute Gasteiger partial charge is 0.496 e. The molecule has 192 valence electrons. The minimum atomic E-state index is -0.638. The number of thiophene rings is 1. The number of fused-ring (bicyclic) bond motifs is 1. The number of ether oxygens (including phenoxy) is 1. The predicted octanol–water partition coefficient (Wildman–Crippen LogP) is 8.12. The molecule has 5 rings (SSSR count). The molecule has 0 N–H and O–H groups in total. The van der Waals surface area contributed by atoms with Gasteiger partial charge in [-0.15, -0.1) is 11.3 Å². The van der Waals surface area contributed by atoms with E-state index in [9.17, 15) is 13.6 Å². The second kappa shape index (κ2) is 10.8. The molecule has 0 spiro atoms. The number of nitrogens with zero attached hydrogens (tertiary/aromatic N) is 2. The summed E-state index contributed by atoms with van der Waals surface area (Å²) in [6.45, 7) is 2.51. The molecule has 0 radical (unpaired) electrons. The van der Waals surface area contributed by atoms with E-state index in [2.05, 4.69) is 11.9 Å². The predicted molar refractivity (Wildman–Crippen MR) is 144 cm³/mol. The smallest absolute Gasteiger partial charge is 0.266 e. The molecule has 1 aliphatic carbocycles. The van der Waals surface area contributed by atoms with Crippen molar-refractivity contribution in [3.8, 4) is 16.9 Å². The number of amides is 1. The highest BCUT2D eigenvalue weighted by molar-refractivity contribution is 7.21. The summed E-state index contributed by atoms with van der Waals surface area (Å²) in [5, 5.41) is -0.0711. The zero-order chi connectivity index (χ0) is 26.1. The van der Waals surface area contributed by atoms with Crippen LogP contribution < -0.4 is 4.74 Å². The van der Waals surface area contributed by atoms with Gasteiger partial charge in [0.2, 0.25) is 0 Å². The van der Waals surface area contributed by atoms with Gasteiger partial charge >= 0.3 is 0 Å². The third-order valence-electron chi connectivity index (χ3n) is 7.20. The van der Waals surface area contributed by atoms with E-state index in [1.54, 1.807) is 19.5 Å². The van der Waals surface area contributed by atoms with Crippen molar-refractivity contribution in [2.75, 3.05) is 7.11 Å². The highest BCUT2D eigenvalue weighted by atomic mass is 35.5. The average Bonchev–Trinajstić information content (AvgIpc) is 3.28. The van der Waals surface area contributed by atoms with Crippen molar-refractivity contribution in [1.82, 2.24) is 9.88 Å². The van der Waals surface area contributed by atoms with E-state index in [0.717, 1.165) is 65.8 Å². The summed E-state index contributed by atoms with van der Waals surface area (Å²) in [5.74, 6) is -0.289. The highest BCUT2D eigenvalue weighted by Crippen LogP contribution is 2.41. The monoisotopic (exact) mass is 540 g/mol. The SMILES string of the molecule is COc1ccc(-c2ccncc2)cc1CN(C(=O)c1sc2c(F)ccc(F)c2c1Cl)C1CCC(C)CC1. The first kappa shape index (κ1) is 25.6. The molecule has 1 amide bonds. The van der Waals surface area contributed by atoms with E-state index in [4.69, 9.17) is 16.3 Å². The number of carbonyl (C=O) groups excluding carboxylic acids is 1. The van der Waals surface area contributed by atoms with Crippen LogP contribution >= 0.6 is 22.9 Å². The Hall–Kier alpha value is -3.03. The maximum absolute atomic E-state index is 14.6. The Morgan fingerprint density at radius 1 is 1.05 bits per heavy atom. The average molecular weight is 541 g/mol. The van der Waals surface area contributed by atoms with E-state index in [-0.39, 0.29) is 38.5 Å². The molecule has 0 bridgehead atoms. The Balaban J connectivity index is 1.57. The molecular weight excluding hydrogens is 514 g/mol. The molecule has 1 saturated carbocycles. The van der Waals surface area contributed by atoms with Crippen LogP contribution in [-0.2, 0) is 6.54 Å². The molecule has 1 fully saturated rings. The second-order valence-electron chi connectivity index (χ2n) is 9.59. The van der Waals surface area contributed by atoms with E-state index in [1.165, 1.54) is 0 Å². The van der Waals surface area contributed by atoms with Crippen molar-refractivity contribution in [1.29, 1.82) is 0 Å². The van der Waals surface area contributed by atoms with Gasteiger partial charge in [-0.3, -0.25) is 9.78 Å². The first-order valence-corrected chi connectivity index (χ1v) is 13.5. The standard InChI is InChI=1S/C29H27ClF2N2O2S/c1-17-3-6-21(7-4-17)34(29(35)28-26(30)25-22(31)8-9-23(32)27(25)37-28)16-20-15-19(5-10-24(20)36-2)18-11-13-33-14-12-18/h5,8-15,17,21H,3-4,6-7,16H2,1-2H3. The van der Waals surface area contributed by atoms with E-state index >= 15 is 0 Å². The first-order chi connectivity index (χ1) is 17.9. The molecule has 2 aromatic carbocycles. The molecule has 1 aliphatic rings. The van der Waals surface area contributed by atoms with Crippen LogP contribution in [0.5, 0.6) is 5.75 Å². The Bertz CT molecular complexity index is 1440. The van der Waals surface area contributed by atoms with Gasteiger partial charge in [0.1, 0.15) is 22.3 Å². The molecule has 2 heterocycles. The third-order valence-corrected chi connectivity index (χ3v) is 8.87. The van der Waals surface area contributed by atoms with Crippen molar-refractivity contribution >= 4 is 38.9 Å². The first-order valence-electron chi connectivity index (χ1n) is 12.3. The van der Waals surface area contributed by atoms with Crippen LogP contribution in [0.2, 0.25) is 5.02 Å². The summed E-state index contributed by atoms with van der Waals surface area (Å²) in [4.78, 5) is 20.1. The van der Waals surface area contributed by atoms with Gasteiger partial charge in [-0.1, -0.05) is 24.6 Å². The molecule has 0 atom stereocenters. The number of hydrogen-bond donors (Lipinski definition) is 0. The fraction of sp³-hybridized carbons (Fsp3) is 0.310. The maximum atomic E-state index is 14.6. The van der Waals surface area contributed by atoms with E-state index in [0.29, 0.717) is 11.7 Å². The van der Waals surface area contributed by atoms with Crippen LogP contribution in [0.3, 0.4) is 0 Å². The van der Waals surface area contributed by atoms with Crippen LogP contribution in [0, 0.1) is 17.6 Å².